The summed E-state index contributed by atoms with van der Waals surface area (Å²) in [6.07, 6.45) is 5.17. The van der Waals surface area contributed by atoms with Crippen LogP contribution in [0.3, 0.4) is 0 Å². The highest BCUT2D eigenvalue weighted by Crippen LogP contribution is 2.35. The average Bonchev–Trinajstić information content (AvgIpc) is 3.04. The molecule has 3 aliphatic heterocycles. The van der Waals surface area contributed by atoms with Crippen molar-refractivity contribution < 1.29 is 24.1 Å². The van der Waals surface area contributed by atoms with Gasteiger partial charge in [0.1, 0.15) is 12.4 Å². The molecule has 234 valence electrons. The van der Waals surface area contributed by atoms with E-state index in [1.165, 1.54) is 22.3 Å². The number of benzene rings is 2. The van der Waals surface area contributed by atoms with Crippen molar-refractivity contribution in [2.24, 2.45) is 5.92 Å². The van der Waals surface area contributed by atoms with E-state index in [0.717, 1.165) is 68.1 Å². The van der Waals surface area contributed by atoms with Gasteiger partial charge in [-0.3, -0.25) is 9.69 Å². The molecule has 9 nitrogen and oxygen atoms in total. The molecule has 1 aromatic heterocycles. The Labute approximate surface area is 260 Å². The highest BCUT2D eigenvalue weighted by molar-refractivity contribution is 5.72. The molecule has 0 bridgehead atoms. The van der Waals surface area contributed by atoms with Crippen LogP contribution in [0, 0.1) is 19.8 Å². The summed E-state index contributed by atoms with van der Waals surface area (Å²) >= 11 is 0. The largest absolute Gasteiger partial charge is 0.488 e. The highest BCUT2D eigenvalue weighted by atomic mass is 16.5. The molecule has 0 radical (unpaired) electrons. The van der Waals surface area contributed by atoms with Gasteiger partial charge in [-0.2, -0.15) is 0 Å². The Kier molecular flexibility index (Phi) is 9.44. The van der Waals surface area contributed by atoms with Crippen molar-refractivity contribution in [3.63, 3.8) is 0 Å². The number of carbonyl (C=O) groups is 1. The average molecular weight is 601 g/mol. The number of aliphatic carboxylic acids is 1. The van der Waals surface area contributed by atoms with Gasteiger partial charge in [-0.1, -0.05) is 24.3 Å². The molecule has 4 heterocycles. The minimum Gasteiger partial charge on any atom is -0.488 e. The first-order chi connectivity index (χ1) is 21.4. The third-order valence-corrected chi connectivity index (χ3v) is 9.42. The fourth-order valence-electron chi connectivity index (χ4n) is 7.03. The molecule has 0 amide bonds. The first-order valence-corrected chi connectivity index (χ1v) is 16.0. The second kappa shape index (κ2) is 13.6. The zero-order valence-electron chi connectivity index (χ0n) is 26.1. The molecule has 2 aromatic carbocycles. The maximum Gasteiger partial charge on any atom is 0.309 e. The maximum atomic E-state index is 11.8. The summed E-state index contributed by atoms with van der Waals surface area (Å²) in [5.74, 6) is 0.0494. The van der Waals surface area contributed by atoms with Crippen LogP contribution in [0.25, 0.3) is 11.3 Å². The van der Waals surface area contributed by atoms with Gasteiger partial charge in [0.2, 0.25) is 5.95 Å². The first kappa shape index (κ1) is 30.5. The van der Waals surface area contributed by atoms with Crippen molar-refractivity contribution in [1.29, 1.82) is 0 Å². The van der Waals surface area contributed by atoms with Crippen LogP contribution in [-0.4, -0.2) is 77.5 Å². The molecule has 0 aliphatic carbocycles. The smallest absolute Gasteiger partial charge is 0.309 e. The number of aryl methyl sites for hydroxylation is 2. The molecule has 2 fully saturated rings. The molecular weight excluding hydrogens is 556 g/mol. The molecule has 1 N–H and O–H groups in total. The number of aromatic nitrogens is 2. The van der Waals surface area contributed by atoms with Crippen molar-refractivity contribution >= 4 is 11.9 Å². The molecule has 0 spiro atoms. The third-order valence-electron chi connectivity index (χ3n) is 9.42. The number of fused-ring (bicyclic) bond motifs is 1. The van der Waals surface area contributed by atoms with Crippen molar-refractivity contribution in [1.82, 2.24) is 14.9 Å². The van der Waals surface area contributed by atoms with Crippen LogP contribution >= 0.6 is 0 Å². The van der Waals surface area contributed by atoms with Crippen LogP contribution in [0.2, 0.25) is 0 Å². The summed E-state index contributed by atoms with van der Waals surface area (Å²) in [4.78, 5) is 25.9. The number of piperidine rings is 1. The van der Waals surface area contributed by atoms with Gasteiger partial charge in [-0.15, -0.1) is 0 Å². The molecule has 3 aliphatic rings. The van der Waals surface area contributed by atoms with E-state index in [-0.39, 0.29) is 0 Å². The quantitative estimate of drug-likeness (QED) is 0.356. The molecule has 6 rings (SSSR count). The highest BCUT2D eigenvalue weighted by Gasteiger charge is 2.35. The van der Waals surface area contributed by atoms with E-state index in [0.29, 0.717) is 44.7 Å². The molecule has 3 aromatic rings. The summed E-state index contributed by atoms with van der Waals surface area (Å²) in [5, 5.41) is 9.66. The summed E-state index contributed by atoms with van der Waals surface area (Å²) in [5.41, 5.74) is 8.16. The SMILES string of the molecule is CCO[C@H]1CN(c2nccc(-c3cccc(C)c3OCc3cc(C)c4c(c3)CCN(C3CCOCC3)C4)n2)CC[C@H]1C(=O)O. The molecule has 9 heteroatoms. The monoisotopic (exact) mass is 600 g/mol. The summed E-state index contributed by atoms with van der Waals surface area (Å²) < 4.78 is 18.0. The van der Waals surface area contributed by atoms with Crippen LogP contribution < -0.4 is 9.64 Å². The zero-order chi connectivity index (χ0) is 30.6. The second-order valence-corrected chi connectivity index (χ2v) is 12.3. The molecule has 0 saturated carbocycles. The second-order valence-electron chi connectivity index (χ2n) is 12.3. The van der Waals surface area contributed by atoms with E-state index in [4.69, 9.17) is 19.2 Å². The lowest BCUT2D eigenvalue weighted by molar-refractivity contribution is -0.148. The number of hydrogen-bond acceptors (Lipinski definition) is 8. The lowest BCUT2D eigenvalue weighted by Crippen LogP contribution is -2.48. The number of rotatable bonds is 9. The number of ether oxygens (including phenoxy) is 3. The summed E-state index contributed by atoms with van der Waals surface area (Å²) in [6, 6.07) is 13.3. The Hall–Kier alpha value is -3.53. The van der Waals surface area contributed by atoms with Crippen LogP contribution in [-0.2, 0) is 33.8 Å². The molecular formula is C35H44N4O5. The Morgan fingerprint density at radius 1 is 1.09 bits per heavy atom. The number of para-hydroxylation sites is 1. The van der Waals surface area contributed by atoms with E-state index < -0.39 is 18.0 Å². The van der Waals surface area contributed by atoms with E-state index in [1.54, 1.807) is 6.20 Å². The van der Waals surface area contributed by atoms with Crippen LogP contribution in [0.5, 0.6) is 5.75 Å². The van der Waals surface area contributed by atoms with Crippen LogP contribution in [0.1, 0.15) is 54.0 Å². The lowest BCUT2D eigenvalue weighted by Gasteiger charge is -2.38. The predicted molar refractivity (Wildman–Crippen MR) is 169 cm³/mol. The maximum absolute atomic E-state index is 11.8. The molecule has 2 atom stereocenters. The Morgan fingerprint density at radius 3 is 2.73 bits per heavy atom. The minimum atomic E-state index is -0.814. The summed E-state index contributed by atoms with van der Waals surface area (Å²) in [7, 11) is 0. The van der Waals surface area contributed by atoms with Gasteiger partial charge in [-0.05, 0) is 86.4 Å². The third kappa shape index (κ3) is 6.60. The van der Waals surface area contributed by atoms with Crippen LogP contribution in [0.4, 0.5) is 5.95 Å². The topological polar surface area (TPSA) is 97.3 Å². The fraction of sp³-hybridized carbons (Fsp3) is 0.514. The number of carboxylic acid groups (broad SMARTS) is 1. The summed E-state index contributed by atoms with van der Waals surface area (Å²) in [6.45, 7) is 12.0. The van der Waals surface area contributed by atoms with Gasteiger partial charge in [0.15, 0.2) is 0 Å². The number of anilines is 1. The van der Waals surface area contributed by atoms with E-state index in [2.05, 4.69) is 41.9 Å². The van der Waals surface area contributed by atoms with Crippen molar-refractivity contribution in [3.8, 4) is 17.0 Å². The molecule has 0 unspecified atom stereocenters. The number of carboxylic acids is 1. The van der Waals surface area contributed by atoms with Crippen molar-refractivity contribution in [2.75, 3.05) is 44.4 Å². The predicted octanol–water partition coefficient (Wildman–Crippen LogP) is 5.19. The van der Waals surface area contributed by atoms with E-state index >= 15 is 0 Å². The molecule has 2 saturated heterocycles. The number of hydrogen-bond donors (Lipinski definition) is 1. The first-order valence-electron chi connectivity index (χ1n) is 16.0. The van der Waals surface area contributed by atoms with Gasteiger partial charge < -0.3 is 24.2 Å². The minimum absolute atomic E-state index is 0.402. The van der Waals surface area contributed by atoms with Gasteiger partial charge in [0, 0.05) is 63.8 Å². The van der Waals surface area contributed by atoms with Gasteiger partial charge in [0.25, 0.3) is 0 Å². The van der Waals surface area contributed by atoms with Gasteiger partial charge in [-0.25, -0.2) is 9.97 Å². The van der Waals surface area contributed by atoms with Crippen molar-refractivity contribution in [2.45, 2.75) is 71.8 Å². The Balaban J connectivity index is 1.18. The van der Waals surface area contributed by atoms with Gasteiger partial charge in [0.05, 0.1) is 17.7 Å². The standard InChI is InChI=1S/C35H44N4O5/c1-4-43-32-21-39(15-10-29(32)34(40)41)35-36-13-8-31(37-35)28-7-5-6-23(2)33(28)44-22-25-18-24(3)30-20-38(14-9-26(30)19-25)27-11-16-42-17-12-27/h5-8,13,18-19,27,29,32H,4,9-12,14-17,20-22H2,1-3H3,(H,40,41)/t29-,32+/m1/s1. The van der Waals surface area contributed by atoms with Gasteiger partial charge >= 0.3 is 5.97 Å². The zero-order valence-corrected chi connectivity index (χ0v) is 26.1. The Bertz CT molecular complexity index is 1470. The lowest BCUT2D eigenvalue weighted by atomic mass is 9.91. The van der Waals surface area contributed by atoms with E-state index in [9.17, 15) is 9.90 Å². The molecule has 44 heavy (non-hydrogen) atoms. The Morgan fingerprint density at radius 2 is 1.93 bits per heavy atom. The fourth-order valence-corrected chi connectivity index (χ4v) is 7.03. The van der Waals surface area contributed by atoms with Crippen LogP contribution in [0.15, 0.2) is 42.6 Å². The van der Waals surface area contributed by atoms with Crippen molar-refractivity contribution in [3.05, 3.63) is 70.4 Å². The van der Waals surface area contributed by atoms with E-state index in [1.807, 2.05) is 30.0 Å². The normalized spacial score (nSPS) is 21.2. The number of nitrogens with zero attached hydrogens (tertiary/aromatic N) is 4.